The van der Waals surface area contributed by atoms with E-state index >= 15 is 0 Å². The third-order valence-corrected chi connectivity index (χ3v) is 5.60. The molecular formula is C23H29N3O2. The number of hydrogen-bond acceptors (Lipinski definition) is 3. The molecule has 2 heterocycles. The summed E-state index contributed by atoms with van der Waals surface area (Å²) in [4.78, 5) is 33.1. The first-order valence-corrected chi connectivity index (χ1v) is 9.94. The van der Waals surface area contributed by atoms with Gasteiger partial charge in [0.15, 0.2) is 0 Å². The van der Waals surface area contributed by atoms with Crippen LogP contribution in [0, 0.1) is 5.41 Å². The zero-order valence-electron chi connectivity index (χ0n) is 17.0. The number of carbonyl (C=O) groups is 2. The Labute approximate surface area is 167 Å². The summed E-state index contributed by atoms with van der Waals surface area (Å²) in [5.74, 6) is 0.239. The van der Waals surface area contributed by atoms with Crippen molar-refractivity contribution in [3.63, 3.8) is 0 Å². The maximum Gasteiger partial charge on any atom is 0.230 e. The lowest BCUT2D eigenvalue weighted by Gasteiger charge is -2.43. The number of likely N-dealkylation sites (tertiary alicyclic amines) is 1. The van der Waals surface area contributed by atoms with Crippen molar-refractivity contribution in [1.29, 1.82) is 0 Å². The van der Waals surface area contributed by atoms with E-state index in [2.05, 4.69) is 29.2 Å². The normalized spacial score (nSPS) is 19.3. The molecule has 3 rings (SSSR count). The van der Waals surface area contributed by atoms with Crippen molar-refractivity contribution in [2.45, 2.75) is 32.6 Å². The molecule has 28 heavy (non-hydrogen) atoms. The maximum atomic E-state index is 13.2. The predicted molar refractivity (Wildman–Crippen MR) is 111 cm³/mol. The van der Waals surface area contributed by atoms with Gasteiger partial charge < -0.3 is 9.80 Å². The number of rotatable bonds is 5. The number of carbonyl (C=O) groups excluding carboxylic acids is 2. The summed E-state index contributed by atoms with van der Waals surface area (Å²) in [6.07, 6.45) is 6.37. The van der Waals surface area contributed by atoms with E-state index in [1.807, 2.05) is 24.0 Å². The Morgan fingerprint density at radius 3 is 2.32 bits per heavy atom. The fraction of sp³-hybridized carbons (Fsp3) is 0.435. The van der Waals surface area contributed by atoms with Gasteiger partial charge in [-0.25, -0.2) is 0 Å². The van der Waals surface area contributed by atoms with Gasteiger partial charge in [-0.05, 0) is 48.1 Å². The van der Waals surface area contributed by atoms with Crippen LogP contribution in [0.3, 0.4) is 0 Å². The average Bonchev–Trinajstić information content (AvgIpc) is 2.73. The van der Waals surface area contributed by atoms with Crippen LogP contribution in [0.2, 0.25) is 0 Å². The van der Waals surface area contributed by atoms with Gasteiger partial charge >= 0.3 is 0 Å². The van der Waals surface area contributed by atoms with Gasteiger partial charge in [-0.1, -0.05) is 31.2 Å². The van der Waals surface area contributed by atoms with Crippen LogP contribution in [0.15, 0.2) is 48.8 Å². The number of pyridine rings is 1. The summed E-state index contributed by atoms with van der Waals surface area (Å²) in [5, 5.41) is 0. The molecule has 1 aliphatic heterocycles. The number of amides is 2. The van der Waals surface area contributed by atoms with Crippen molar-refractivity contribution in [3.05, 3.63) is 54.4 Å². The third-order valence-electron chi connectivity index (χ3n) is 5.60. The molecule has 2 amide bonds. The second-order valence-corrected chi connectivity index (χ2v) is 7.86. The van der Waals surface area contributed by atoms with E-state index < -0.39 is 5.41 Å². The van der Waals surface area contributed by atoms with E-state index in [-0.39, 0.29) is 11.8 Å². The molecule has 0 saturated carbocycles. The molecular weight excluding hydrogens is 350 g/mol. The lowest BCUT2D eigenvalue weighted by atomic mass is 9.73. The van der Waals surface area contributed by atoms with E-state index in [0.29, 0.717) is 19.4 Å². The van der Waals surface area contributed by atoms with E-state index in [9.17, 15) is 9.59 Å². The lowest BCUT2D eigenvalue weighted by molar-refractivity contribution is -0.147. The van der Waals surface area contributed by atoms with Gasteiger partial charge in [-0.3, -0.25) is 14.6 Å². The Morgan fingerprint density at radius 1 is 1.07 bits per heavy atom. The average molecular weight is 380 g/mol. The minimum atomic E-state index is -0.551. The molecule has 1 saturated heterocycles. The maximum absolute atomic E-state index is 13.2. The molecule has 0 bridgehead atoms. The number of hydrogen-bond donors (Lipinski definition) is 0. The molecule has 148 valence electrons. The van der Waals surface area contributed by atoms with Crippen LogP contribution in [0.25, 0.3) is 11.1 Å². The number of nitrogens with zero attached hydrogens (tertiary/aromatic N) is 3. The Bertz CT molecular complexity index is 818. The standard InChI is InChI=1S/C23H29N3O2/c1-4-21(27)26-15-5-12-23(17-26,22(28)25(2)3)16-18-6-8-19(9-7-18)20-10-13-24-14-11-20/h6-11,13-14H,4-5,12,15-17H2,1-3H3/t23-/m1/s1. The molecule has 5 heteroatoms. The highest BCUT2D eigenvalue weighted by Crippen LogP contribution is 2.36. The Morgan fingerprint density at radius 2 is 1.71 bits per heavy atom. The molecule has 1 fully saturated rings. The fourth-order valence-corrected chi connectivity index (χ4v) is 4.19. The first-order chi connectivity index (χ1) is 13.4. The van der Waals surface area contributed by atoms with Gasteiger partial charge in [0, 0.05) is 46.0 Å². The summed E-state index contributed by atoms with van der Waals surface area (Å²) in [7, 11) is 3.61. The first kappa shape index (κ1) is 20.1. The van der Waals surface area contributed by atoms with E-state index in [0.717, 1.165) is 36.1 Å². The first-order valence-electron chi connectivity index (χ1n) is 9.94. The van der Waals surface area contributed by atoms with Crippen LogP contribution in [0.4, 0.5) is 0 Å². The van der Waals surface area contributed by atoms with Crippen molar-refractivity contribution < 1.29 is 9.59 Å². The summed E-state index contributed by atoms with van der Waals surface area (Å²) in [6, 6.07) is 12.4. The Hall–Kier alpha value is -2.69. The molecule has 2 aromatic rings. The highest BCUT2D eigenvalue weighted by atomic mass is 16.2. The van der Waals surface area contributed by atoms with Crippen LogP contribution in [0.5, 0.6) is 0 Å². The van der Waals surface area contributed by atoms with Crippen LogP contribution in [-0.4, -0.2) is 53.8 Å². The molecule has 0 N–H and O–H groups in total. The van der Waals surface area contributed by atoms with Gasteiger partial charge in [0.25, 0.3) is 0 Å². The van der Waals surface area contributed by atoms with Crippen molar-refractivity contribution in [3.8, 4) is 11.1 Å². The van der Waals surface area contributed by atoms with Gasteiger partial charge in [0.1, 0.15) is 0 Å². The third kappa shape index (κ3) is 4.24. The molecule has 0 unspecified atom stereocenters. The van der Waals surface area contributed by atoms with Crippen molar-refractivity contribution >= 4 is 11.8 Å². The second-order valence-electron chi connectivity index (χ2n) is 7.86. The van der Waals surface area contributed by atoms with Crippen molar-refractivity contribution in [2.75, 3.05) is 27.2 Å². The summed E-state index contributed by atoms with van der Waals surface area (Å²) >= 11 is 0. The predicted octanol–water partition coefficient (Wildman–Crippen LogP) is 3.40. The number of benzene rings is 1. The minimum Gasteiger partial charge on any atom is -0.348 e. The Kier molecular flexibility index (Phi) is 6.12. The van der Waals surface area contributed by atoms with Gasteiger partial charge in [0.2, 0.25) is 11.8 Å². The van der Waals surface area contributed by atoms with Crippen LogP contribution in [-0.2, 0) is 16.0 Å². The lowest BCUT2D eigenvalue weighted by Crippen LogP contribution is -2.54. The minimum absolute atomic E-state index is 0.110. The van der Waals surface area contributed by atoms with Gasteiger partial charge in [-0.15, -0.1) is 0 Å². The SMILES string of the molecule is CCC(=O)N1CCC[C@](Cc2ccc(-c3ccncc3)cc2)(C(=O)N(C)C)C1. The van der Waals surface area contributed by atoms with Crippen LogP contribution in [0.1, 0.15) is 31.7 Å². The van der Waals surface area contributed by atoms with Gasteiger partial charge in [-0.2, -0.15) is 0 Å². The van der Waals surface area contributed by atoms with Crippen molar-refractivity contribution in [2.24, 2.45) is 5.41 Å². The quantitative estimate of drug-likeness (QED) is 0.800. The zero-order valence-corrected chi connectivity index (χ0v) is 17.0. The monoisotopic (exact) mass is 379 g/mol. The summed E-state index contributed by atoms with van der Waals surface area (Å²) in [5.41, 5.74) is 2.83. The van der Waals surface area contributed by atoms with E-state index in [4.69, 9.17) is 0 Å². The smallest absolute Gasteiger partial charge is 0.230 e. The second kappa shape index (κ2) is 8.55. The number of piperidine rings is 1. The molecule has 1 aliphatic rings. The highest BCUT2D eigenvalue weighted by Gasteiger charge is 2.44. The van der Waals surface area contributed by atoms with Crippen molar-refractivity contribution in [1.82, 2.24) is 14.8 Å². The largest absolute Gasteiger partial charge is 0.348 e. The molecule has 1 aromatic carbocycles. The number of aromatic nitrogens is 1. The van der Waals surface area contributed by atoms with Crippen LogP contribution >= 0.6 is 0 Å². The zero-order chi connectivity index (χ0) is 20.1. The van der Waals surface area contributed by atoms with Gasteiger partial charge in [0.05, 0.1) is 5.41 Å². The summed E-state index contributed by atoms with van der Waals surface area (Å²) in [6.45, 7) is 3.13. The van der Waals surface area contributed by atoms with E-state index in [1.165, 1.54) is 0 Å². The van der Waals surface area contributed by atoms with Crippen LogP contribution < -0.4 is 0 Å². The summed E-state index contributed by atoms with van der Waals surface area (Å²) < 4.78 is 0. The molecule has 0 aliphatic carbocycles. The molecule has 5 nitrogen and oxygen atoms in total. The molecule has 1 aromatic heterocycles. The van der Waals surface area contributed by atoms with E-state index in [1.54, 1.807) is 31.4 Å². The molecule has 1 atom stereocenters. The topological polar surface area (TPSA) is 53.5 Å². The molecule has 0 spiro atoms. The highest BCUT2D eigenvalue weighted by molar-refractivity contribution is 5.84. The molecule has 0 radical (unpaired) electrons. The fourth-order valence-electron chi connectivity index (χ4n) is 4.19. The Balaban J connectivity index is 1.86.